The first-order valence-corrected chi connectivity index (χ1v) is 7.86. The summed E-state index contributed by atoms with van der Waals surface area (Å²) in [7, 11) is 0. The molecule has 7 nitrogen and oxygen atoms in total. The summed E-state index contributed by atoms with van der Waals surface area (Å²) in [5, 5.41) is 0. The van der Waals surface area contributed by atoms with E-state index in [0.29, 0.717) is 0 Å². The molecule has 0 aliphatic rings. The highest BCUT2D eigenvalue weighted by molar-refractivity contribution is 5.72. The largest absolute Gasteiger partial charge is 0.573 e. The number of aryl methyl sites for hydroxylation is 2. The molecule has 30 heavy (non-hydrogen) atoms. The van der Waals surface area contributed by atoms with Gasteiger partial charge in [0, 0.05) is 23.5 Å². The van der Waals surface area contributed by atoms with E-state index in [4.69, 9.17) is 11.5 Å². The maximum absolute atomic E-state index is 12.6. The summed E-state index contributed by atoms with van der Waals surface area (Å²) in [6, 6.07) is 3.42. The van der Waals surface area contributed by atoms with Crippen molar-refractivity contribution in [2.45, 2.75) is 26.6 Å². The number of nitrogens with two attached hydrogens (primary N) is 2. The summed E-state index contributed by atoms with van der Waals surface area (Å²) in [6.45, 7) is 2.74. The van der Waals surface area contributed by atoms with Gasteiger partial charge in [-0.1, -0.05) is 0 Å². The highest BCUT2D eigenvalue weighted by atomic mass is 19.4. The molecule has 0 atom stereocenters. The molecule has 2 aromatic rings. The van der Waals surface area contributed by atoms with Gasteiger partial charge in [0.05, 0.1) is 0 Å². The molecule has 0 aliphatic carbocycles. The molecule has 0 amide bonds. The van der Waals surface area contributed by atoms with Crippen LogP contribution in [0.1, 0.15) is 11.1 Å². The Bertz CT molecular complexity index is 884. The number of benzene rings is 2. The Kier molecular flexibility index (Phi) is 6.14. The van der Waals surface area contributed by atoms with Gasteiger partial charge in [-0.25, -0.2) is 4.79 Å². The highest BCUT2D eigenvalue weighted by Gasteiger charge is 2.34. The molecule has 164 valence electrons. The Morgan fingerprint density at radius 3 is 1.33 bits per heavy atom. The van der Waals surface area contributed by atoms with Crippen molar-refractivity contribution in [1.29, 1.82) is 0 Å². The smallest absolute Gasteiger partial charge is 0.402 e. The van der Waals surface area contributed by atoms with E-state index >= 15 is 0 Å². The van der Waals surface area contributed by atoms with Crippen LogP contribution in [0.15, 0.2) is 24.3 Å². The number of carbonyl (C=O) groups is 1. The molecule has 0 aromatic heterocycles. The Morgan fingerprint density at radius 2 is 1.03 bits per heavy atom. The zero-order chi connectivity index (χ0) is 22.9. The van der Waals surface area contributed by atoms with Gasteiger partial charge in [-0.3, -0.25) is 0 Å². The summed E-state index contributed by atoms with van der Waals surface area (Å²) in [5.74, 6) is -3.39. The minimum absolute atomic E-state index is 0.0481. The third kappa shape index (κ3) is 6.25. The number of hydrogen-bond donors (Lipinski definition) is 2. The Balaban J connectivity index is 2.32. The van der Waals surface area contributed by atoms with E-state index in [1.807, 2.05) is 0 Å². The van der Waals surface area contributed by atoms with Crippen molar-refractivity contribution in [3.05, 3.63) is 35.4 Å². The van der Waals surface area contributed by atoms with E-state index in [0.717, 1.165) is 24.3 Å². The quantitative estimate of drug-likeness (QED) is 0.303. The second-order valence-corrected chi connectivity index (χ2v) is 5.86. The van der Waals surface area contributed by atoms with Crippen LogP contribution < -0.4 is 30.4 Å². The topological polar surface area (TPSA) is 106 Å². The van der Waals surface area contributed by atoms with E-state index in [-0.39, 0.29) is 22.5 Å². The van der Waals surface area contributed by atoms with Crippen LogP contribution in [-0.2, 0) is 0 Å². The SMILES string of the molecule is Cc1cc(OC(F)(F)F)c(OC(=O)Oc2cc(N)c(C)cc2OC(F)(F)F)cc1N. The lowest BCUT2D eigenvalue weighted by Gasteiger charge is -2.16. The first-order valence-electron chi connectivity index (χ1n) is 7.86. The van der Waals surface area contributed by atoms with Crippen LogP contribution in [0.2, 0.25) is 0 Å². The molecular formula is C17H14F6N2O5. The van der Waals surface area contributed by atoms with Crippen molar-refractivity contribution in [2.24, 2.45) is 0 Å². The number of rotatable bonds is 4. The van der Waals surface area contributed by atoms with Gasteiger partial charge >= 0.3 is 18.9 Å². The van der Waals surface area contributed by atoms with E-state index in [1.165, 1.54) is 13.8 Å². The Labute approximate surface area is 165 Å². The molecule has 0 spiro atoms. The van der Waals surface area contributed by atoms with Crippen molar-refractivity contribution in [2.75, 3.05) is 11.5 Å². The molecule has 0 heterocycles. The normalized spacial score (nSPS) is 11.7. The molecule has 0 aliphatic heterocycles. The van der Waals surface area contributed by atoms with Crippen LogP contribution in [0.5, 0.6) is 23.0 Å². The predicted molar refractivity (Wildman–Crippen MR) is 91.2 cm³/mol. The van der Waals surface area contributed by atoms with E-state index in [1.54, 1.807) is 0 Å². The number of carbonyl (C=O) groups excluding carboxylic acids is 1. The average molecular weight is 440 g/mol. The van der Waals surface area contributed by atoms with Crippen LogP contribution in [-0.4, -0.2) is 18.9 Å². The maximum atomic E-state index is 12.6. The molecule has 0 radical (unpaired) electrons. The van der Waals surface area contributed by atoms with Gasteiger partial charge in [-0.05, 0) is 37.1 Å². The standard InChI is InChI=1S/C17H14F6N2O5/c1-7-3-13(29-16(18,19)20)11(5-9(7)24)27-15(26)28-12-6-10(25)8(2)4-14(12)30-17(21,22)23/h3-6H,24-25H2,1-2H3. The first kappa shape index (κ1) is 22.8. The fourth-order valence-corrected chi connectivity index (χ4v) is 2.12. The molecule has 0 saturated heterocycles. The minimum Gasteiger partial charge on any atom is -0.402 e. The molecule has 0 bridgehead atoms. The lowest BCUT2D eigenvalue weighted by Crippen LogP contribution is -2.21. The summed E-state index contributed by atoms with van der Waals surface area (Å²) in [5.41, 5.74) is 11.4. The summed E-state index contributed by atoms with van der Waals surface area (Å²) in [4.78, 5) is 12.0. The van der Waals surface area contributed by atoms with E-state index < -0.39 is 41.9 Å². The number of halogens is 6. The van der Waals surface area contributed by atoms with Gasteiger partial charge < -0.3 is 30.4 Å². The maximum Gasteiger partial charge on any atom is 0.573 e. The van der Waals surface area contributed by atoms with Gasteiger partial charge in [0.25, 0.3) is 0 Å². The fraction of sp³-hybridized carbons (Fsp3) is 0.235. The monoisotopic (exact) mass is 440 g/mol. The third-order valence-corrected chi connectivity index (χ3v) is 3.50. The molecule has 0 saturated carbocycles. The zero-order valence-electron chi connectivity index (χ0n) is 15.3. The molecule has 4 N–H and O–H groups in total. The molecule has 13 heteroatoms. The average Bonchev–Trinajstić information content (AvgIpc) is 2.54. The second-order valence-electron chi connectivity index (χ2n) is 5.86. The van der Waals surface area contributed by atoms with Crippen molar-refractivity contribution in [3.63, 3.8) is 0 Å². The molecular weight excluding hydrogens is 426 g/mol. The van der Waals surface area contributed by atoms with Crippen molar-refractivity contribution in [1.82, 2.24) is 0 Å². The number of hydrogen-bond acceptors (Lipinski definition) is 7. The second kappa shape index (κ2) is 8.08. The van der Waals surface area contributed by atoms with Gasteiger partial charge in [-0.15, -0.1) is 26.3 Å². The predicted octanol–water partition coefficient (Wildman–Crippen LogP) is 4.84. The lowest BCUT2D eigenvalue weighted by atomic mass is 10.2. The van der Waals surface area contributed by atoms with Crippen molar-refractivity contribution in [3.8, 4) is 23.0 Å². The fourth-order valence-electron chi connectivity index (χ4n) is 2.12. The summed E-state index contributed by atoms with van der Waals surface area (Å²) in [6.07, 6.45) is -11.9. The van der Waals surface area contributed by atoms with Gasteiger partial charge in [-0.2, -0.15) is 0 Å². The van der Waals surface area contributed by atoms with Gasteiger partial charge in [0.1, 0.15) is 0 Å². The number of nitrogen functional groups attached to an aromatic ring is 2. The van der Waals surface area contributed by atoms with Crippen LogP contribution in [0, 0.1) is 13.8 Å². The number of anilines is 2. The molecule has 0 unspecified atom stereocenters. The van der Waals surface area contributed by atoms with Gasteiger partial charge in [0.2, 0.25) is 0 Å². The van der Waals surface area contributed by atoms with Crippen molar-refractivity contribution >= 4 is 17.5 Å². The minimum atomic E-state index is -5.12. The zero-order valence-corrected chi connectivity index (χ0v) is 15.3. The summed E-state index contributed by atoms with van der Waals surface area (Å²) < 4.78 is 92.2. The third-order valence-electron chi connectivity index (χ3n) is 3.50. The highest BCUT2D eigenvalue weighted by Crippen LogP contribution is 2.38. The number of ether oxygens (including phenoxy) is 4. The molecule has 2 aromatic carbocycles. The Morgan fingerprint density at radius 1 is 0.700 bits per heavy atom. The van der Waals surface area contributed by atoms with E-state index in [9.17, 15) is 31.1 Å². The summed E-state index contributed by atoms with van der Waals surface area (Å²) >= 11 is 0. The van der Waals surface area contributed by atoms with Gasteiger partial charge in [0.15, 0.2) is 23.0 Å². The van der Waals surface area contributed by atoms with E-state index in [2.05, 4.69) is 18.9 Å². The first-order chi connectivity index (χ1) is 13.6. The van der Waals surface area contributed by atoms with Crippen LogP contribution in [0.3, 0.4) is 0 Å². The van der Waals surface area contributed by atoms with Crippen LogP contribution in [0.4, 0.5) is 42.5 Å². The van der Waals surface area contributed by atoms with Crippen LogP contribution in [0.25, 0.3) is 0 Å². The molecule has 0 fully saturated rings. The Hall–Kier alpha value is -3.51. The molecule has 2 rings (SSSR count). The van der Waals surface area contributed by atoms with Crippen LogP contribution >= 0.6 is 0 Å². The van der Waals surface area contributed by atoms with Crippen molar-refractivity contribution < 1.29 is 50.1 Å². The number of alkyl halides is 6. The lowest BCUT2D eigenvalue weighted by molar-refractivity contribution is -0.275.